The molecule has 5 heteroatoms. The van der Waals surface area contributed by atoms with E-state index < -0.39 is 0 Å². The van der Waals surface area contributed by atoms with Crippen LogP contribution in [0.3, 0.4) is 0 Å². The van der Waals surface area contributed by atoms with Gasteiger partial charge in [-0.1, -0.05) is 13.8 Å². The molecular weight excluding hydrogens is 270 g/mol. The summed E-state index contributed by atoms with van der Waals surface area (Å²) in [5, 5.41) is 4.44. The van der Waals surface area contributed by atoms with Crippen molar-refractivity contribution >= 4 is 17.2 Å². The fraction of sp³-hybridized carbons (Fsp3) is 0.733. The van der Waals surface area contributed by atoms with Crippen LogP contribution in [0.25, 0.3) is 0 Å². The second-order valence-corrected chi connectivity index (χ2v) is 7.32. The Balaban J connectivity index is 1.82. The summed E-state index contributed by atoms with van der Waals surface area (Å²) in [7, 11) is 0. The first kappa shape index (κ1) is 14.0. The highest BCUT2D eigenvalue weighted by molar-refractivity contribution is 7.13. The third-order valence-electron chi connectivity index (χ3n) is 3.84. The van der Waals surface area contributed by atoms with Gasteiger partial charge in [-0.05, 0) is 18.8 Å². The number of amides is 1. The Labute approximate surface area is 124 Å². The quantitative estimate of drug-likeness (QED) is 0.926. The number of aromatic nitrogens is 1. The molecule has 0 spiro atoms. The smallest absolute Gasteiger partial charge is 0.265 e. The van der Waals surface area contributed by atoms with E-state index >= 15 is 0 Å². The van der Waals surface area contributed by atoms with Gasteiger partial charge in [0.25, 0.3) is 5.91 Å². The van der Waals surface area contributed by atoms with Gasteiger partial charge < -0.3 is 10.2 Å². The molecule has 0 bridgehead atoms. The van der Waals surface area contributed by atoms with Crippen LogP contribution in [0.15, 0.2) is 0 Å². The molecule has 1 aromatic heterocycles. The lowest BCUT2D eigenvalue weighted by Crippen LogP contribution is -2.46. The highest BCUT2D eigenvalue weighted by atomic mass is 32.1. The average Bonchev–Trinajstić information content (AvgIpc) is 3.20. The molecule has 3 rings (SSSR count). The van der Waals surface area contributed by atoms with Gasteiger partial charge in [0.15, 0.2) is 0 Å². The van der Waals surface area contributed by atoms with Gasteiger partial charge in [0, 0.05) is 38.5 Å². The molecule has 0 atom stereocenters. The van der Waals surface area contributed by atoms with Crippen molar-refractivity contribution in [3.63, 3.8) is 0 Å². The van der Waals surface area contributed by atoms with Gasteiger partial charge >= 0.3 is 0 Å². The number of carbonyl (C=O) groups is 1. The van der Waals surface area contributed by atoms with Crippen LogP contribution in [0.2, 0.25) is 0 Å². The number of piperazine rings is 1. The van der Waals surface area contributed by atoms with Gasteiger partial charge in [0.1, 0.15) is 4.88 Å². The van der Waals surface area contributed by atoms with E-state index in [1.54, 1.807) is 11.3 Å². The second kappa shape index (κ2) is 5.82. The van der Waals surface area contributed by atoms with E-state index in [1.807, 2.05) is 4.90 Å². The van der Waals surface area contributed by atoms with Crippen LogP contribution in [-0.2, 0) is 6.42 Å². The molecule has 110 valence electrons. The summed E-state index contributed by atoms with van der Waals surface area (Å²) in [6.45, 7) is 7.86. The van der Waals surface area contributed by atoms with Crippen molar-refractivity contribution < 1.29 is 4.79 Å². The number of hydrogen-bond acceptors (Lipinski definition) is 4. The number of carbonyl (C=O) groups excluding carboxylic acids is 1. The van der Waals surface area contributed by atoms with Crippen molar-refractivity contribution in [2.75, 3.05) is 26.2 Å². The van der Waals surface area contributed by atoms with E-state index in [0.29, 0.717) is 11.8 Å². The molecule has 20 heavy (non-hydrogen) atoms. The van der Waals surface area contributed by atoms with Crippen LogP contribution >= 0.6 is 11.3 Å². The molecule has 1 saturated carbocycles. The lowest BCUT2D eigenvalue weighted by atomic mass is 10.1. The first-order valence-electron chi connectivity index (χ1n) is 7.64. The van der Waals surface area contributed by atoms with E-state index in [2.05, 4.69) is 19.2 Å². The van der Waals surface area contributed by atoms with Crippen molar-refractivity contribution in [1.82, 2.24) is 15.2 Å². The number of hydrogen-bond donors (Lipinski definition) is 1. The molecule has 1 amide bonds. The van der Waals surface area contributed by atoms with Crippen molar-refractivity contribution in [3.05, 3.63) is 15.6 Å². The highest BCUT2D eigenvalue weighted by Crippen LogP contribution is 2.43. The molecule has 1 aromatic rings. The minimum absolute atomic E-state index is 0.209. The summed E-state index contributed by atoms with van der Waals surface area (Å²) in [4.78, 5) is 20.4. The van der Waals surface area contributed by atoms with Crippen LogP contribution in [0.4, 0.5) is 0 Å². The maximum absolute atomic E-state index is 12.7. The lowest BCUT2D eigenvalue weighted by molar-refractivity contribution is 0.0739. The highest BCUT2D eigenvalue weighted by Gasteiger charge is 2.33. The SMILES string of the molecule is CC(C)Cc1nc(C2CC2)c(C(=O)N2CCNCC2)s1. The van der Waals surface area contributed by atoms with Crippen molar-refractivity contribution in [2.45, 2.75) is 39.0 Å². The van der Waals surface area contributed by atoms with Crippen molar-refractivity contribution in [1.29, 1.82) is 0 Å². The van der Waals surface area contributed by atoms with Gasteiger partial charge in [-0.3, -0.25) is 4.79 Å². The van der Waals surface area contributed by atoms with E-state index in [0.717, 1.165) is 48.2 Å². The van der Waals surface area contributed by atoms with Crippen LogP contribution in [-0.4, -0.2) is 42.0 Å². The molecule has 4 nitrogen and oxygen atoms in total. The predicted octanol–water partition coefficient (Wildman–Crippen LogP) is 2.26. The molecular formula is C15H23N3OS. The molecule has 2 aliphatic rings. The molecule has 1 aliphatic heterocycles. The first-order chi connectivity index (χ1) is 9.65. The summed E-state index contributed by atoms with van der Waals surface area (Å²) < 4.78 is 0. The summed E-state index contributed by atoms with van der Waals surface area (Å²) in [5.41, 5.74) is 1.09. The van der Waals surface area contributed by atoms with Crippen LogP contribution in [0.1, 0.15) is 53.0 Å². The van der Waals surface area contributed by atoms with Crippen molar-refractivity contribution in [3.8, 4) is 0 Å². The topological polar surface area (TPSA) is 45.2 Å². The van der Waals surface area contributed by atoms with Crippen molar-refractivity contribution in [2.24, 2.45) is 5.92 Å². The second-order valence-electron chi connectivity index (χ2n) is 6.24. The Morgan fingerprint density at radius 1 is 1.40 bits per heavy atom. The van der Waals surface area contributed by atoms with Gasteiger partial charge in [0.2, 0.25) is 0 Å². The molecule has 0 unspecified atom stereocenters. The average molecular weight is 293 g/mol. The molecule has 0 radical (unpaired) electrons. The van der Waals surface area contributed by atoms with Crippen LogP contribution in [0, 0.1) is 5.92 Å². The predicted molar refractivity (Wildman–Crippen MR) is 81.4 cm³/mol. The summed E-state index contributed by atoms with van der Waals surface area (Å²) in [5.74, 6) is 1.35. The molecule has 2 fully saturated rings. The third-order valence-corrected chi connectivity index (χ3v) is 4.92. The lowest BCUT2D eigenvalue weighted by Gasteiger charge is -2.27. The van der Waals surface area contributed by atoms with Gasteiger partial charge in [0.05, 0.1) is 10.7 Å². The van der Waals surface area contributed by atoms with E-state index in [4.69, 9.17) is 4.98 Å². The Bertz CT molecular complexity index is 487. The third kappa shape index (κ3) is 3.04. The largest absolute Gasteiger partial charge is 0.335 e. The molecule has 0 aromatic carbocycles. The zero-order valence-electron chi connectivity index (χ0n) is 12.3. The maximum Gasteiger partial charge on any atom is 0.265 e. The van der Waals surface area contributed by atoms with E-state index in [1.165, 1.54) is 12.8 Å². The summed E-state index contributed by atoms with van der Waals surface area (Å²) >= 11 is 1.64. The Morgan fingerprint density at radius 2 is 2.10 bits per heavy atom. The van der Waals surface area contributed by atoms with E-state index in [-0.39, 0.29) is 5.91 Å². The number of rotatable bonds is 4. The van der Waals surface area contributed by atoms with Gasteiger partial charge in [-0.25, -0.2) is 4.98 Å². The molecule has 1 N–H and O–H groups in total. The minimum atomic E-state index is 0.209. The zero-order valence-corrected chi connectivity index (χ0v) is 13.1. The number of nitrogens with zero attached hydrogens (tertiary/aromatic N) is 2. The first-order valence-corrected chi connectivity index (χ1v) is 8.46. The minimum Gasteiger partial charge on any atom is -0.335 e. The van der Waals surface area contributed by atoms with Gasteiger partial charge in [-0.15, -0.1) is 11.3 Å². The van der Waals surface area contributed by atoms with Gasteiger partial charge in [-0.2, -0.15) is 0 Å². The fourth-order valence-electron chi connectivity index (χ4n) is 2.61. The van der Waals surface area contributed by atoms with Crippen LogP contribution < -0.4 is 5.32 Å². The fourth-order valence-corrected chi connectivity index (χ4v) is 3.94. The molecule has 1 saturated heterocycles. The zero-order chi connectivity index (χ0) is 14.1. The Kier molecular flexibility index (Phi) is 4.08. The summed E-state index contributed by atoms with van der Waals surface area (Å²) in [6.07, 6.45) is 3.39. The van der Waals surface area contributed by atoms with Crippen LogP contribution in [0.5, 0.6) is 0 Å². The maximum atomic E-state index is 12.7. The number of nitrogens with one attached hydrogen (secondary N) is 1. The Hall–Kier alpha value is -0.940. The molecule has 1 aliphatic carbocycles. The van der Waals surface area contributed by atoms with E-state index in [9.17, 15) is 4.79 Å². The Morgan fingerprint density at radius 3 is 2.70 bits per heavy atom. The monoisotopic (exact) mass is 293 g/mol. The standard InChI is InChI=1S/C15H23N3OS/c1-10(2)9-12-17-13(11-3-4-11)14(20-12)15(19)18-7-5-16-6-8-18/h10-11,16H,3-9H2,1-2H3. The number of thiazole rings is 1. The molecule has 2 heterocycles. The normalized spacial score (nSPS) is 19.6. The summed E-state index contributed by atoms with van der Waals surface area (Å²) in [6, 6.07) is 0.